The molecule has 2 heterocycles. The normalized spacial score (nSPS) is 19.6. The number of carbonyl (C=O) groups excluding carboxylic acids is 2. The Morgan fingerprint density at radius 1 is 1.28 bits per heavy atom. The van der Waals surface area contributed by atoms with E-state index in [1.165, 1.54) is 19.2 Å². The molecule has 1 unspecified atom stereocenters. The number of esters is 1. The Balaban J connectivity index is 0.00000114. The number of benzene rings is 1. The minimum Gasteiger partial charge on any atom is -0.491 e. The highest BCUT2D eigenvalue weighted by Crippen LogP contribution is 2.21. The molecule has 1 amide bonds. The Kier molecular flexibility index (Phi) is 10.9. The number of carboxylic acid groups (broad SMARTS) is 1. The van der Waals surface area contributed by atoms with Crippen molar-refractivity contribution >= 4 is 18.3 Å². The predicted octanol–water partition coefficient (Wildman–Crippen LogP) is 1.55. The van der Waals surface area contributed by atoms with Gasteiger partial charge >= 0.3 is 5.97 Å². The smallest absolute Gasteiger partial charge is 0.305 e. The van der Waals surface area contributed by atoms with Crippen molar-refractivity contribution in [2.45, 2.75) is 37.8 Å². The van der Waals surface area contributed by atoms with E-state index in [0.29, 0.717) is 25.3 Å². The quantitative estimate of drug-likeness (QED) is 0.466. The second kappa shape index (κ2) is 13.6. The fourth-order valence-electron chi connectivity index (χ4n) is 3.82. The number of piperidine rings is 1. The van der Waals surface area contributed by atoms with Gasteiger partial charge in [0.25, 0.3) is 6.47 Å². The predicted molar refractivity (Wildman–Crippen MR) is 113 cm³/mol. The van der Waals surface area contributed by atoms with Gasteiger partial charge in [0, 0.05) is 25.6 Å². The summed E-state index contributed by atoms with van der Waals surface area (Å²) in [5.74, 6) is 0.123. The standard InChI is InChI=1S/C21H29FN2O5.CH2O2/c1-27-21(26)3-2-10-23-11-8-17(9-12-23)24-13-19(29-15-20(24)25)14-28-18-6-4-16(22)5-7-18;2-1-3/h4-7,17,19H,2-3,8-15H2,1H3;1H,(H,2,3). The van der Waals surface area contributed by atoms with E-state index >= 15 is 0 Å². The summed E-state index contributed by atoms with van der Waals surface area (Å²) in [6.07, 6.45) is 2.85. The molecular weight excluding hydrogens is 423 g/mol. The summed E-state index contributed by atoms with van der Waals surface area (Å²) in [6.45, 7) is 3.33. The largest absolute Gasteiger partial charge is 0.491 e. The van der Waals surface area contributed by atoms with Crippen molar-refractivity contribution < 1.29 is 38.1 Å². The maximum atomic E-state index is 13.0. The Bertz CT molecular complexity index is 723. The van der Waals surface area contributed by atoms with Crippen LogP contribution in [0.3, 0.4) is 0 Å². The number of ether oxygens (including phenoxy) is 3. The number of rotatable bonds is 8. The molecule has 9 nitrogen and oxygen atoms in total. The molecule has 178 valence electrons. The Morgan fingerprint density at radius 3 is 2.56 bits per heavy atom. The minimum absolute atomic E-state index is 0.0205. The van der Waals surface area contributed by atoms with Crippen molar-refractivity contribution in [2.75, 3.05) is 46.5 Å². The lowest BCUT2D eigenvalue weighted by atomic mass is 10.0. The minimum atomic E-state index is -0.306. The zero-order valence-corrected chi connectivity index (χ0v) is 18.3. The fourth-order valence-corrected chi connectivity index (χ4v) is 3.82. The molecule has 0 saturated carbocycles. The van der Waals surface area contributed by atoms with Gasteiger partial charge in [0.05, 0.1) is 13.7 Å². The number of amides is 1. The number of carbonyl (C=O) groups is 3. The fraction of sp³-hybridized carbons (Fsp3) is 0.591. The van der Waals surface area contributed by atoms with Crippen LogP contribution in [0, 0.1) is 5.82 Å². The third-order valence-electron chi connectivity index (χ3n) is 5.49. The Hall–Kier alpha value is -2.72. The second-order valence-corrected chi connectivity index (χ2v) is 7.60. The van der Waals surface area contributed by atoms with E-state index in [1.807, 2.05) is 4.90 Å². The van der Waals surface area contributed by atoms with Crippen LogP contribution in [-0.4, -0.2) is 91.9 Å². The summed E-state index contributed by atoms with van der Waals surface area (Å²) in [6, 6.07) is 6.07. The third-order valence-corrected chi connectivity index (χ3v) is 5.49. The number of halogens is 1. The monoisotopic (exact) mass is 454 g/mol. The number of morpholine rings is 1. The second-order valence-electron chi connectivity index (χ2n) is 7.60. The summed E-state index contributed by atoms with van der Waals surface area (Å²) >= 11 is 0. The highest BCUT2D eigenvalue weighted by molar-refractivity contribution is 5.78. The van der Waals surface area contributed by atoms with Gasteiger partial charge in [-0.2, -0.15) is 0 Å². The molecule has 1 atom stereocenters. The van der Waals surface area contributed by atoms with Crippen LogP contribution >= 0.6 is 0 Å². The molecule has 0 radical (unpaired) electrons. The van der Waals surface area contributed by atoms with E-state index in [2.05, 4.69) is 9.64 Å². The highest BCUT2D eigenvalue weighted by Gasteiger charge is 2.33. The van der Waals surface area contributed by atoms with Gasteiger partial charge in [0.2, 0.25) is 5.91 Å². The molecule has 2 fully saturated rings. The molecule has 0 aliphatic carbocycles. The first kappa shape index (κ1) is 25.5. The van der Waals surface area contributed by atoms with Gasteiger partial charge in [-0.25, -0.2) is 4.39 Å². The van der Waals surface area contributed by atoms with Crippen LogP contribution < -0.4 is 4.74 Å². The molecule has 2 aliphatic rings. The highest BCUT2D eigenvalue weighted by atomic mass is 19.1. The molecule has 0 aromatic heterocycles. The number of nitrogens with zero attached hydrogens (tertiary/aromatic N) is 2. The van der Waals surface area contributed by atoms with Crippen LogP contribution in [0.5, 0.6) is 5.75 Å². The Morgan fingerprint density at radius 2 is 1.94 bits per heavy atom. The first-order valence-corrected chi connectivity index (χ1v) is 10.6. The average molecular weight is 454 g/mol. The molecule has 3 rings (SSSR count). The number of likely N-dealkylation sites (tertiary alicyclic amines) is 1. The van der Waals surface area contributed by atoms with Gasteiger partial charge in [-0.05, 0) is 50.1 Å². The first-order valence-electron chi connectivity index (χ1n) is 10.6. The van der Waals surface area contributed by atoms with Crippen molar-refractivity contribution in [3.63, 3.8) is 0 Å². The van der Waals surface area contributed by atoms with Crippen molar-refractivity contribution in [3.8, 4) is 5.75 Å². The molecule has 10 heteroatoms. The number of methoxy groups -OCH3 is 1. The van der Waals surface area contributed by atoms with Crippen LogP contribution in [0.1, 0.15) is 25.7 Å². The lowest BCUT2D eigenvalue weighted by molar-refractivity contribution is -0.155. The molecule has 0 bridgehead atoms. The molecule has 2 saturated heterocycles. The lowest BCUT2D eigenvalue weighted by Gasteiger charge is -2.42. The van der Waals surface area contributed by atoms with E-state index in [-0.39, 0.29) is 42.9 Å². The van der Waals surface area contributed by atoms with E-state index in [0.717, 1.165) is 38.9 Å². The molecule has 1 aromatic rings. The maximum absolute atomic E-state index is 13.0. The molecule has 1 aromatic carbocycles. The van der Waals surface area contributed by atoms with Crippen molar-refractivity contribution in [2.24, 2.45) is 0 Å². The lowest BCUT2D eigenvalue weighted by Crippen LogP contribution is -2.55. The summed E-state index contributed by atoms with van der Waals surface area (Å²) < 4.78 is 29.0. The van der Waals surface area contributed by atoms with Crippen molar-refractivity contribution in [1.82, 2.24) is 9.80 Å². The first-order chi connectivity index (χ1) is 15.5. The van der Waals surface area contributed by atoms with Crippen molar-refractivity contribution in [1.29, 1.82) is 0 Å². The molecule has 0 spiro atoms. The Labute approximate surface area is 187 Å². The number of hydrogen-bond donors (Lipinski definition) is 1. The summed E-state index contributed by atoms with van der Waals surface area (Å²) in [7, 11) is 1.41. The summed E-state index contributed by atoms with van der Waals surface area (Å²) in [4.78, 5) is 36.2. The van der Waals surface area contributed by atoms with E-state index in [4.69, 9.17) is 19.4 Å². The van der Waals surface area contributed by atoms with E-state index < -0.39 is 0 Å². The van der Waals surface area contributed by atoms with Crippen LogP contribution in [0.4, 0.5) is 4.39 Å². The van der Waals surface area contributed by atoms with E-state index in [9.17, 15) is 14.0 Å². The van der Waals surface area contributed by atoms with Crippen LogP contribution in [0.25, 0.3) is 0 Å². The van der Waals surface area contributed by atoms with Gasteiger partial charge < -0.3 is 29.1 Å². The SMILES string of the molecule is COC(=O)CCCN1CCC(N2CC(COc3ccc(F)cc3)OCC2=O)CC1.O=CO. The van der Waals surface area contributed by atoms with Crippen LogP contribution in [-0.2, 0) is 23.9 Å². The molecule has 1 N–H and O–H groups in total. The maximum Gasteiger partial charge on any atom is 0.305 e. The topological polar surface area (TPSA) is 106 Å². The molecule has 2 aliphatic heterocycles. The molecule has 32 heavy (non-hydrogen) atoms. The van der Waals surface area contributed by atoms with Crippen molar-refractivity contribution in [3.05, 3.63) is 30.1 Å². The van der Waals surface area contributed by atoms with Gasteiger partial charge in [-0.15, -0.1) is 0 Å². The molecular formula is C22H31FN2O7. The van der Waals surface area contributed by atoms with Crippen LogP contribution in [0.15, 0.2) is 24.3 Å². The van der Waals surface area contributed by atoms with Gasteiger partial charge in [0.1, 0.15) is 30.9 Å². The van der Waals surface area contributed by atoms with Crippen LogP contribution in [0.2, 0.25) is 0 Å². The third kappa shape index (κ3) is 8.43. The van der Waals surface area contributed by atoms with Gasteiger partial charge in [-0.1, -0.05) is 0 Å². The summed E-state index contributed by atoms with van der Waals surface area (Å²) in [5.41, 5.74) is 0. The average Bonchev–Trinajstić information content (AvgIpc) is 2.80. The zero-order chi connectivity index (χ0) is 23.3. The van der Waals surface area contributed by atoms with Gasteiger partial charge in [-0.3, -0.25) is 14.4 Å². The summed E-state index contributed by atoms with van der Waals surface area (Å²) in [5, 5.41) is 6.89. The zero-order valence-electron chi connectivity index (χ0n) is 18.3. The van der Waals surface area contributed by atoms with Gasteiger partial charge in [0.15, 0.2) is 0 Å². The van der Waals surface area contributed by atoms with E-state index in [1.54, 1.807) is 12.1 Å². The number of hydrogen-bond acceptors (Lipinski definition) is 7.